The average molecular weight is 214 g/mol. The van der Waals surface area contributed by atoms with Gasteiger partial charge < -0.3 is 4.74 Å². The lowest BCUT2D eigenvalue weighted by Gasteiger charge is -2.11. The summed E-state index contributed by atoms with van der Waals surface area (Å²) in [4.78, 5) is 0. The van der Waals surface area contributed by atoms with Gasteiger partial charge in [0.15, 0.2) is 0 Å². The fourth-order valence-corrected chi connectivity index (χ4v) is 1.87. The molecular weight excluding hydrogens is 196 g/mol. The van der Waals surface area contributed by atoms with Gasteiger partial charge in [0.2, 0.25) is 0 Å². The molecular formula is C15H18O. The van der Waals surface area contributed by atoms with Crippen molar-refractivity contribution in [1.82, 2.24) is 0 Å². The van der Waals surface area contributed by atoms with Crippen LogP contribution < -0.4 is 0 Å². The highest BCUT2D eigenvalue weighted by molar-refractivity contribution is 5.30. The molecule has 0 atom stereocenters. The largest absolute Gasteiger partial charge is 0.489 e. The summed E-state index contributed by atoms with van der Waals surface area (Å²) in [6, 6.07) is 6.48. The lowest BCUT2D eigenvalue weighted by Crippen LogP contribution is -1.96. The molecule has 0 saturated heterocycles. The molecule has 84 valence electrons. The number of hydrogen-bond donors (Lipinski definition) is 0. The van der Waals surface area contributed by atoms with E-state index in [1.54, 1.807) is 0 Å². The van der Waals surface area contributed by atoms with Crippen molar-refractivity contribution in [2.75, 3.05) is 0 Å². The summed E-state index contributed by atoms with van der Waals surface area (Å²) in [6.45, 7) is 4.92. The first kappa shape index (κ1) is 11.0. The van der Waals surface area contributed by atoms with Gasteiger partial charge in [-0.2, -0.15) is 0 Å². The third kappa shape index (κ3) is 2.75. The van der Waals surface area contributed by atoms with E-state index in [2.05, 4.69) is 50.3 Å². The van der Waals surface area contributed by atoms with E-state index in [0.717, 1.165) is 18.6 Å². The Bertz CT molecular complexity index is 427. The summed E-state index contributed by atoms with van der Waals surface area (Å²) < 4.78 is 5.76. The van der Waals surface area contributed by atoms with Gasteiger partial charge in [0.05, 0.1) is 0 Å². The molecule has 0 unspecified atom stereocenters. The molecule has 1 nitrogen and oxygen atoms in total. The van der Waals surface area contributed by atoms with Gasteiger partial charge in [0.25, 0.3) is 0 Å². The van der Waals surface area contributed by atoms with Gasteiger partial charge in [0.1, 0.15) is 12.4 Å². The van der Waals surface area contributed by atoms with Gasteiger partial charge in [-0.05, 0) is 50.0 Å². The van der Waals surface area contributed by atoms with E-state index in [-0.39, 0.29) is 0 Å². The Hall–Kier alpha value is -1.50. The number of allylic oxidation sites excluding steroid dienone is 3. The predicted octanol–water partition coefficient (Wildman–Crippen LogP) is 4.05. The van der Waals surface area contributed by atoms with E-state index in [4.69, 9.17) is 4.74 Å². The van der Waals surface area contributed by atoms with Gasteiger partial charge in [-0.1, -0.05) is 29.8 Å². The molecule has 0 spiro atoms. The van der Waals surface area contributed by atoms with E-state index in [1.165, 1.54) is 16.7 Å². The number of hydrogen-bond acceptors (Lipinski definition) is 1. The van der Waals surface area contributed by atoms with Gasteiger partial charge in [-0.25, -0.2) is 0 Å². The zero-order valence-corrected chi connectivity index (χ0v) is 9.99. The molecule has 0 saturated carbocycles. The summed E-state index contributed by atoms with van der Waals surface area (Å²) in [7, 11) is 0. The number of aryl methyl sites for hydroxylation is 2. The molecule has 16 heavy (non-hydrogen) atoms. The normalized spacial score (nSPS) is 14.8. The van der Waals surface area contributed by atoms with Crippen molar-refractivity contribution in [3.05, 3.63) is 58.9 Å². The van der Waals surface area contributed by atoms with E-state index in [9.17, 15) is 0 Å². The van der Waals surface area contributed by atoms with Crippen LogP contribution in [0, 0.1) is 13.8 Å². The van der Waals surface area contributed by atoms with Gasteiger partial charge in [-0.3, -0.25) is 0 Å². The lowest BCUT2D eigenvalue weighted by molar-refractivity contribution is 0.208. The fourth-order valence-electron chi connectivity index (χ4n) is 1.87. The summed E-state index contributed by atoms with van der Waals surface area (Å²) in [6.07, 6.45) is 8.61. The summed E-state index contributed by atoms with van der Waals surface area (Å²) >= 11 is 0. The topological polar surface area (TPSA) is 9.23 Å². The van der Waals surface area contributed by atoms with Gasteiger partial charge >= 0.3 is 0 Å². The van der Waals surface area contributed by atoms with Crippen LogP contribution in [-0.4, -0.2) is 0 Å². The minimum atomic E-state index is 0.669. The lowest BCUT2D eigenvalue weighted by atomic mass is 10.1. The molecule has 1 heteroatoms. The average Bonchev–Trinajstić information content (AvgIpc) is 2.29. The van der Waals surface area contributed by atoms with Crippen LogP contribution in [0.3, 0.4) is 0 Å². The molecule has 0 amide bonds. The van der Waals surface area contributed by atoms with Crippen LogP contribution in [-0.2, 0) is 11.3 Å². The first-order chi connectivity index (χ1) is 7.75. The van der Waals surface area contributed by atoms with Crippen LogP contribution in [0.2, 0.25) is 0 Å². The standard InChI is InChI=1S/C15H18O/c1-12-8-9-14(13(2)10-12)11-16-15-6-4-3-5-7-15/h4,6-10H,3,5,11H2,1-2H3. The summed E-state index contributed by atoms with van der Waals surface area (Å²) in [5, 5.41) is 0. The first-order valence-corrected chi connectivity index (χ1v) is 5.81. The van der Waals surface area contributed by atoms with E-state index in [1.807, 2.05) is 0 Å². The van der Waals surface area contributed by atoms with E-state index in [0.29, 0.717) is 6.61 Å². The van der Waals surface area contributed by atoms with Crippen molar-refractivity contribution >= 4 is 0 Å². The first-order valence-electron chi connectivity index (χ1n) is 5.81. The summed E-state index contributed by atoms with van der Waals surface area (Å²) in [5.74, 6) is 1.01. The van der Waals surface area contributed by atoms with Gasteiger partial charge in [-0.15, -0.1) is 0 Å². The molecule has 2 rings (SSSR count). The van der Waals surface area contributed by atoms with Crippen LogP contribution in [0.5, 0.6) is 0 Å². The Morgan fingerprint density at radius 3 is 2.75 bits per heavy atom. The van der Waals surface area contributed by atoms with E-state index < -0.39 is 0 Å². The quantitative estimate of drug-likeness (QED) is 0.737. The Balaban J connectivity index is 1.99. The van der Waals surface area contributed by atoms with Crippen molar-refractivity contribution in [2.45, 2.75) is 33.3 Å². The molecule has 0 N–H and O–H groups in total. The predicted molar refractivity (Wildman–Crippen MR) is 67.2 cm³/mol. The van der Waals surface area contributed by atoms with Crippen LogP contribution in [0.4, 0.5) is 0 Å². The fraction of sp³-hybridized carbons (Fsp3) is 0.333. The molecule has 1 aromatic rings. The molecule has 1 aliphatic carbocycles. The maximum absolute atomic E-state index is 5.76. The van der Waals surface area contributed by atoms with Crippen molar-refractivity contribution in [2.24, 2.45) is 0 Å². The van der Waals surface area contributed by atoms with Crippen molar-refractivity contribution in [1.29, 1.82) is 0 Å². The number of rotatable bonds is 3. The number of benzene rings is 1. The molecule has 0 bridgehead atoms. The maximum Gasteiger partial charge on any atom is 0.115 e. The van der Waals surface area contributed by atoms with Crippen molar-refractivity contribution < 1.29 is 4.74 Å². The van der Waals surface area contributed by atoms with Crippen LogP contribution in [0.15, 0.2) is 42.2 Å². The van der Waals surface area contributed by atoms with Gasteiger partial charge in [0, 0.05) is 0 Å². The Morgan fingerprint density at radius 2 is 2.06 bits per heavy atom. The minimum Gasteiger partial charge on any atom is -0.489 e. The Labute approximate surface area is 97.4 Å². The third-order valence-corrected chi connectivity index (χ3v) is 2.85. The van der Waals surface area contributed by atoms with E-state index >= 15 is 0 Å². The molecule has 0 aliphatic heterocycles. The highest BCUT2D eigenvalue weighted by Crippen LogP contribution is 2.16. The zero-order valence-electron chi connectivity index (χ0n) is 9.99. The highest BCUT2D eigenvalue weighted by Gasteiger charge is 2.02. The SMILES string of the molecule is Cc1ccc(COC2=CCCC=C2)c(C)c1. The Morgan fingerprint density at radius 1 is 1.19 bits per heavy atom. The Kier molecular flexibility index (Phi) is 3.45. The second kappa shape index (κ2) is 5.02. The second-order valence-electron chi connectivity index (χ2n) is 4.30. The summed E-state index contributed by atoms with van der Waals surface area (Å²) in [5.41, 5.74) is 3.88. The smallest absolute Gasteiger partial charge is 0.115 e. The maximum atomic E-state index is 5.76. The third-order valence-electron chi connectivity index (χ3n) is 2.85. The molecule has 0 aromatic heterocycles. The number of ether oxygens (including phenoxy) is 1. The highest BCUT2D eigenvalue weighted by atomic mass is 16.5. The molecule has 0 radical (unpaired) electrons. The molecule has 0 fully saturated rings. The van der Waals surface area contributed by atoms with Crippen LogP contribution in [0.1, 0.15) is 29.5 Å². The monoisotopic (exact) mass is 214 g/mol. The molecule has 0 heterocycles. The second-order valence-corrected chi connectivity index (χ2v) is 4.30. The minimum absolute atomic E-state index is 0.669. The van der Waals surface area contributed by atoms with Crippen LogP contribution in [0.25, 0.3) is 0 Å². The molecule has 1 aromatic carbocycles. The van der Waals surface area contributed by atoms with Crippen molar-refractivity contribution in [3.63, 3.8) is 0 Å². The zero-order chi connectivity index (χ0) is 11.4. The molecule has 1 aliphatic rings. The van der Waals surface area contributed by atoms with Crippen molar-refractivity contribution in [3.8, 4) is 0 Å². The van der Waals surface area contributed by atoms with Crippen LogP contribution >= 0.6 is 0 Å².